The molecule has 1 saturated heterocycles. The van der Waals surface area contributed by atoms with Gasteiger partial charge in [-0.25, -0.2) is 0 Å². The van der Waals surface area contributed by atoms with Crippen LogP contribution in [0.25, 0.3) is 0 Å². The maximum atomic E-state index is 6.21. The fourth-order valence-electron chi connectivity index (χ4n) is 2.54. The molecule has 0 spiro atoms. The van der Waals surface area contributed by atoms with E-state index in [9.17, 15) is 0 Å². The number of hydrogen-bond donors (Lipinski definition) is 0. The Hall–Kier alpha value is -1.49. The molecule has 0 bridgehead atoms. The van der Waals surface area contributed by atoms with Crippen molar-refractivity contribution in [2.45, 2.75) is 45.8 Å². The maximum absolute atomic E-state index is 6.21. The molecule has 2 aromatic rings. The summed E-state index contributed by atoms with van der Waals surface area (Å²) in [5, 5.41) is 0.602. The highest BCUT2D eigenvalue weighted by Crippen LogP contribution is 2.37. The van der Waals surface area contributed by atoms with Crippen LogP contribution in [0.15, 0.2) is 42.5 Å². The highest BCUT2D eigenvalue weighted by atomic mass is 35.5. The lowest BCUT2D eigenvalue weighted by atomic mass is 9.79. The third-order valence-electron chi connectivity index (χ3n) is 4.79. The van der Waals surface area contributed by atoms with Crippen LogP contribution in [-0.4, -0.2) is 18.3 Å². The normalized spacial score (nSPS) is 18.7. The summed E-state index contributed by atoms with van der Waals surface area (Å²) in [6, 6.07) is 13.4. The van der Waals surface area contributed by atoms with Crippen molar-refractivity contribution in [2.75, 3.05) is 0 Å². The quantitative estimate of drug-likeness (QED) is 0.753. The van der Waals surface area contributed by atoms with Gasteiger partial charge in [0.2, 0.25) is 0 Å². The van der Waals surface area contributed by atoms with Crippen molar-refractivity contribution in [3.05, 3.63) is 53.1 Å². The van der Waals surface area contributed by atoms with Crippen molar-refractivity contribution in [1.29, 1.82) is 0 Å². The molecular weight excluding hydrogens is 322 g/mol. The van der Waals surface area contributed by atoms with Gasteiger partial charge in [0.1, 0.15) is 11.5 Å². The van der Waals surface area contributed by atoms with E-state index in [1.54, 1.807) is 0 Å². The van der Waals surface area contributed by atoms with Crippen molar-refractivity contribution in [3.63, 3.8) is 0 Å². The fourth-order valence-corrected chi connectivity index (χ4v) is 2.80. The molecule has 1 aliphatic rings. The van der Waals surface area contributed by atoms with Gasteiger partial charge >= 0.3 is 7.12 Å². The van der Waals surface area contributed by atoms with Crippen molar-refractivity contribution < 1.29 is 14.0 Å². The Balaban J connectivity index is 1.77. The molecule has 0 aliphatic carbocycles. The monoisotopic (exact) mass is 344 g/mol. The van der Waals surface area contributed by atoms with Crippen molar-refractivity contribution in [3.8, 4) is 11.5 Å². The Kier molecular flexibility index (Phi) is 4.41. The van der Waals surface area contributed by atoms with E-state index >= 15 is 0 Å². The van der Waals surface area contributed by atoms with E-state index in [2.05, 4.69) is 0 Å². The highest BCUT2D eigenvalue weighted by Gasteiger charge is 2.51. The molecule has 0 radical (unpaired) electrons. The van der Waals surface area contributed by atoms with E-state index < -0.39 is 0 Å². The lowest BCUT2D eigenvalue weighted by Crippen LogP contribution is -2.41. The number of hydrogen-bond acceptors (Lipinski definition) is 3. The first-order chi connectivity index (χ1) is 11.2. The maximum Gasteiger partial charge on any atom is 0.494 e. The summed E-state index contributed by atoms with van der Waals surface area (Å²) in [5.41, 5.74) is 1.28. The highest BCUT2D eigenvalue weighted by molar-refractivity contribution is 6.62. The van der Waals surface area contributed by atoms with Crippen LogP contribution in [0, 0.1) is 6.92 Å². The Bertz CT molecular complexity index is 705. The average Bonchev–Trinajstić information content (AvgIpc) is 2.72. The predicted octanol–water partition coefficient (Wildman–Crippen LogP) is 4.74. The Labute approximate surface area is 149 Å². The minimum absolute atomic E-state index is 0.346. The number of aryl methyl sites for hydroxylation is 1. The van der Waals surface area contributed by atoms with Crippen molar-refractivity contribution >= 4 is 24.2 Å². The fraction of sp³-hybridized carbons (Fsp3) is 0.368. The first-order valence-corrected chi connectivity index (χ1v) is 8.46. The van der Waals surface area contributed by atoms with Crippen LogP contribution in [0.4, 0.5) is 0 Å². The molecular formula is C19H22BClO3. The molecule has 0 atom stereocenters. The summed E-state index contributed by atoms with van der Waals surface area (Å²) < 4.78 is 18.1. The first-order valence-electron chi connectivity index (χ1n) is 8.08. The second-order valence-corrected chi connectivity index (χ2v) is 7.55. The summed E-state index contributed by atoms with van der Waals surface area (Å²) >= 11 is 6.21. The molecule has 1 heterocycles. The molecule has 0 N–H and O–H groups in total. The van der Waals surface area contributed by atoms with Gasteiger partial charge in [0.25, 0.3) is 0 Å². The third-order valence-corrected chi connectivity index (χ3v) is 5.09. The van der Waals surface area contributed by atoms with Crippen LogP contribution in [0.2, 0.25) is 5.02 Å². The van der Waals surface area contributed by atoms with Gasteiger partial charge in [-0.1, -0.05) is 35.9 Å². The van der Waals surface area contributed by atoms with E-state index in [1.165, 1.54) is 0 Å². The number of para-hydroxylation sites is 1. The van der Waals surface area contributed by atoms with Crippen molar-refractivity contribution in [1.82, 2.24) is 0 Å². The van der Waals surface area contributed by atoms with E-state index in [0.29, 0.717) is 10.8 Å². The van der Waals surface area contributed by atoms with Crippen LogP contribution < -0.4 is 10.2 Å². The summed E-state index contributed by atoms with van der Waals surface area (Å²) in [6.45, 7) is 10.2. The van der Waals surface area contributed by atoms with Gasteiger partial charge in [-0.2, -0.15) is 0 Å². The third kappa shape index (κ3) is 3.19. The van der Waals surface area contributed by atoms with Crippen LogP contribution >= 0.6 is 11.6 Å². The molecule has 0 amide bonds. The van der Waals surface area contributed by atoms with E-state index in [-0.39, 0.29) is 18.3 Å². The van der Waals surface area contributed by atoms with Crippen LogP contribution in [-0.2, 0) is 9.31 Å². The van der Waals surface area contributed by atoms with E-state index in [1.807, 2.05) is 77.1 Å². The first kappa shape index (κ1) is 17.3. The molecule has 1 aliphatic heterocycles. The molecule has 126 valence electrons. The molecule has 5 heteroatoms. The van der Waals surface area contributed by atoms with Gasteiger partial charge in [-0.3, -0.25) is 0 Å². The second-order valence-electron chi connectivity index (χ2n) is 7.15. The SMILES string of the molecule is Cc1cccc(Cl)c1Oc1ccc(B2OC(C)(C)C(C)(C)O2)cc1. The number of rotatable bonds is 3. The molecule has 2 aromatic carbocycles. The number of benzene rings is 2. The number of halogens is 1. The predicted molar refractivity (Wildman–Crippen MR) is 98.4 cm³/mol. The van der Waals surface area contributed by atoms with Gasteiger partial charge in [0, 0.05) is 0 Å². The Morgan fingerprint density at radius 1 is 0.917 bits per heavy atom. The Morgan fingerprint density at radius 2 is 1.50 bits per heavy atom. The van der Waals surface area contributed by atoms with Crippen LogP contribution in [0.5, 0.6) is 11.5 Å². The molecule has 3 nitrogen and oxygen atoms in total. The molecule has 1 fully saturated rings. The van der Waals surface area contributed by atoms with Gasteiger partial charge in [-0.05, 0) is 63.8 Å². The molecule has 24 heavy (non-hydrogen) atoms. The zero-order valence-corrected chi connectivity index (χ0v) is 15.5. The van der Waals surface area contributed by atoms with E-state index in [4.69, 9.17) is 25.6 Å². The smallest absolute Gasteiger partial charge is 0.456 e. The molecule has 0 saturated carbocycles. The lowest BCUT2D eigenvalue weighted by Gasteiger charge is -2.32. The summed E-state index contributed by atoms with van der Waals surface area (Å²) in [6.07, 6.45) is 0. The van der Waals surface area contributed by atoms with E-state index in [0.717, 1.165) is 16.8 Å². The largest absolute Gasteiger partial charge is 0.494 e. The van der Waals surface area contributed by atoms with Gasteiger partial charge < -0.3 is 14.0 Å². The van der Waals surface area contributed by atoms with Crippen molar-refractivity contribution in [2.24, 2.45) is 0 Å². The average molecular weight is 345 g/mol. The molecule has 0 unspecified atom stereocenters. The van der Waals surface area contributed by atoms with Gasteiger partial charge in [0.15, 0.2) is 0 Å². The number of ether oxygens (including phenoxy) is 1. The molecule has 3 rings (SSSR count). The minimum atomic E-state index is -0.369. The van der Waals surface area contributed by atoms with Crippen LogP contribution in [0.1, 0.15) is 33.3 Å². The molecule has 0 aromatic heterocycles. The zero-order chi connectivity index (χ0) is 17.5. The second kappa shape index (κ2) is 6.10. The minimum Gasteiger partial charge on any atom is -0.456 e. The summed E-state index contributed by atoms with van der Waals surface area (Å²) in [5.74, 6) is 1.41. The van der Waals surface area contributed by atoms with Gasteiger partial charge in [-0.15, -0.1) is 0 Å². The standard InChI is InChI=1S/C19H22BClO3/c1-13-7-6-8-16(21)17(13)22-15-11-9-14(10-12-15)20-23-18(2,3)19(4,5)24-20/h6-12H,1-5H3. The van der Waals surface area contributed by atoms with Gasteiger partial charge in [0.05, 0.1) is 16.2 Å². The van der Waals surface area contributed by atoms with Crippen LogP contribution in [0.3, 0.4) is 0 Å². The zero-order valence-electron chi connectivity index (χ0n) is 14.7. The lowest BCUT2D eigenvalue weighted by molar-refractivity contribution is 0.00578. The summed E-state index contributed by atoms with van der Waals surface area (Å²) in [4.78, 5) is 0. The summed E-state index contributed by atoms with van der Waals surface area (Å²) in [7, 11) is -0.369. The topological polar surface area (TPSA) is 27.7 Å². The Morgan fingerprint density at radius 3 is 2.04 bits per heavy atom.